The van der Waals surface area contributed by atoms with Crippen LogP contribution in [0.5, 0.6) is 5.75 Å². The van der Waals surface area contributed by atoms with E-state index in [-0.39, 0.29) is 18.4 Å². The highest BCUT2D eigenvalue weighted by atomic mass is 35.5. The Labute approximate surface area is 109 Å². The van der Waals surface area contributed by atoms with E-state index < -0.39 is 0 Å². The van der Waals surface area contributed by atoms with Gasteiger partial charge in [-0.25, -0.2) is 0 Å². The van der Waals surface area contributed by atoms with Crippen molar-refractivity contribution in [2.45, 2.75) is 25.8 Å². The van der Waals surface area contributed by atoms with Crippen molar-refractivity contribution in [3.05, 3.63) is 29.8 Å². The summed E-state index contributed by atoms with van der Waals surface area (Å²) in [5.41, 5.74) is 6.99. The fourth-order valence-corrected chi connectivity index (χ4v) is 1.44. The molecular formula is C12H20ClNOS. The summed E-state index contributed by atoms with van der Waals surface area (Å²) >= 11 is 4.13. The molecule has 0 saturated heterocycles. The molecule has 0 bridgehead atoms. The Balaban J connectivity index is 0.00000225. The van der Waals surface area contributed by atoms with Crippen LogP contribution in [-0.4, -0.2) is 18.4 Å². The highest BCUT2D eigenvalue weighted by Gasteiger charge is 1.99. The van der Waals surface area contributed by atoms with E-state index in [9.17, 15) is 0 Å². The third-order valence-corrected chi connectivity index (χ3v) is 2.71. The van der Waals surface area contributed by atoms with Crippen LogP contribution in [0, 0.1) is 6.92 Å². The highest BCUT2D eigenvalue weighted by Crippen LogP contribution is 2.11. The lowest BCUT2D eigenvalue weighted by Gasteiger charge is -2.09. The number of hydrogen-bond donors (Lipinski definition) is 2. The van der Waals surface area contributed by atoms with Gasteiger partial charge in [-0.2, -0.15) is 12.6 Å². The Morgan fingerprint density at radius 3 is 2.50 bits per heavy atom. The van der Waals surface area contributed by atoms with Crippen LogP contribution >= 0.6 is 25.0 Å². The van der Waals surface area contributed by atoms with Crippen molar-refractivity contribution in [1.82, 2.24) is 0 Å². The molecule has 0 fully saturated rings. The summed E-state index contributed by atoms with van der Waals surface area (Å²) in [7, 11) is 0. The van der Waals surface area contributed by atoms with Gasteiger partial charge in [-0.3, -0.25) is 0 Å². The second-order valence-corrected chi connectivity index (χ2v) is 4.11. The molecule has 0 aliphatic rings. The molecule has 1 aromatic rings. The van der Waals surface area contributed by atoms with E-state index in [1.54, 1.807) is 0 Å². The molecule has 0 aromatic heterocycles. The number of thiol groups is 1. The molecule has 16 heavy (non-hydrogen) atoms. The maximum absolute atomic E-state index is 5.74. The zero-order chi connectivity index (χ0) is 11.1. The first-order valence-electron chi connectivity index (χ1n) is 5.28. The van der Waals surface area contributed by atoms with Crippen LogP contribution in [0.25, 0.3) is 0 Å². The molecule has 0 spiro atoms. The zero-order valence-corrected chi connectivity index (χ0v) is 11.3. The van der Waals surface area contributed by atoms with Crippen molar-refractivity contribution >= 4 is 25.0 Å². The summed E-state index contributed by atoms with van der Waals surface area (Å²) in [5.74, 6) is 1.67. The van der Waals surface area contributed by atoms with Crippen molar-refractivity contribution in [3.8, 4) is 5.75 Å². The zero-order valence-electron chi connectivity index (χ0n) is 9.56. The standard InChI is InChI=1S/C12H19NOS.ClH/c1-10-4-6-12(7-5-10)14-8-2-3-11(13)9-15;/h4-7,11,15H,2-3,8-9,13H2,1H3;1H/t11-;/m1./s1. The molecule has 0 aliphatic carbocycles. The van der Waals surface area contributed by atoms with Gasteiger partial charge in [-0.05, 0) is 31.9 Å². The van der Waals surface area contributed by atoms with E-state index in [2.05, 4.69) is 31.7 Å². The number of benzene rings is 1. The minimum atomic E-state index is 0. The molecule has 2 nitrogen and oxygen atoms in total. The van der Waals surface area contributed by atoms with Gasteiger partial charge in [0.25, 0.3) is 0 Å². The minimum absolute atomic E-state index is 0. The summed E-state index contributed by atoms with van der Waals surface area (Å²) in [4.78, 5) is 0. The van der Waals surface area contributed by atoms with Crippen molar-refractivity contribution < 1.29 is 4.74 Å². The van der Waals surface area contributed by atoms with Gasteiger partial charge in [0.1, 0.15) is 5.75 Å². The minimum Gasteiger partial charge on any atom is -0.494 e. The first-order chi connectivity index (χ1) is 7.22. The monoisotopic (exact) mass is 261 g/mol. The summed E-state index contributed by atoms with van der Waals surface area (Å²) in [6.45, 7) is 2.79. The number of rotatable bonds is 6. The molecule has 0 radical (unpaired) electrons. The predicted octanol–water partition coefficient (Wildman–Crippen LogP) is 2.83. The number of aryl methyl sites for hydroxylation is 1. The largest absolute Gasteiger partial charge is 0.494 e. The number of hydrogen-bond acceptors (Lipinski definition) is 3. The van der Waals surface area contributed by atoms with E-state index >= 15 is 0 Å². The van der Waals surface area contributed by atoms with Crippen LogP contribution < -0.4 is 10.5 Å². The van der Waals surface area contributed by atoms with E-state index in [0.29, 0.717) is 0 Å². The molecule has 0 saturated carbocycles. The quantitative estimate of drug-likeness (QED) is 0.610. The average Bonchev–Trinajstić information content (AvgIpc) is 2.26. The van der Waals surface area contributed by atoms with E-state index in [0.717, 1.165) is 31.0 Å². The Hall–Kier alpha value is -0.380. The number of nitrogens with two attached hydrogens (primary N) is 1. The fraction of sp³-hybridized carbons (Fsp3) is 0.500. The van der Waals surface area contributed by atoms with Crippen molar-refractivity contribution in [2.75, 3.05) is 12.4 Å². The van der Waals surface area contributed by atoms with Crippen LogP contribution in [0.4, 0.5) is 0 Å². The first-order valence-corrected chi connectivity index (χ1v) is 5.91. The van der Waals surface area contributed by atoms with Crippen LogP contribution in [0.15, 0.2) is 24.3 Å². The first kappa shape index (κ1) is 15.6. The highest BCUT2D eigenvalue weighted by molar-refractivity contribution is 7.80. The molecule has 0 unspecified atom stereocenters. The van der Waals surface area contributed by atoms with Crippen LogP contribution in [0.2, 0.25) is 0 Å². The van der Waals surface area contributed by atoms with Gasteiger partial charge in [0.15, 0.2) is 0 Å². The SMILES string of the molecule is Cc1ccc(OCCC[C@@H](N)CS)cc1.Cl. The molecule has 1 atom stereocenters. The van der Waals surface area contributed by atoms with Crippen molar-refractivity contribution in [1.29, 1.82) is 0 Å². The van der Waals surface area contributed by atoms with Gasteiger partial charge in [-0.15, -0.1) is 12.4 Å². The molecule has 0 heterocycles. The van der Waals surface area contributed by atoms with Gasteiger partial charge in [0.05, 0.1) is 6.61 Å². The average molecular weight is 262 g/mol. The Kier molecular flexibility index (Phi) is 8.53. The Morgan fingerprint density at radius 1 is 1.31 bits per heavy atom. The van der Waals surface area contributed by atoms with Gasteiger partial charge in [0.2, 0.25) is 0 Å². The maximum atomic E-state index is 5.74. The van der Waals surface area contributed by atoms with Crippen LogP contribution in [0.3, 0.4) is 0 Å². The molecule has 0 aliphatic heterocycles. The smallest absolute Gasteiger partial charge is 0.119 e. The molecule has 2 N–H and O–H groups in total. The van der Waals surface area contributed by atoms with Gasteiger partial charge < -0.3 is 10.5 Å². The molecule has 0 amide bonds. The van der Waals surface area contributed by atoms with Crippen molar-refractivity contribution in [3.63, 3.8) is 0 Å². The normalized spacial score (nSPS) is 11.7. The second-order valence-electron chi connectivity index (χ2n) is 3.75. The Bertz CT molecular complexity index is 279. The topological polar surface area (TPSA) is 35.2 Å². The van der Waals surface area contributed by atoms with E-state index in [4.69, 9.17) is 10.5 Å². The molecule has 4 heteroatoms. The number of halogens is 1. The summed E-state index contributed by atoms with van der Waals surface area (Å²) in [6.07, 6.45) is 1.95. The third kappa shape index (κ3) is 6.26. The van der Waals surface area contributed by atoms with Gasteiger partial charge >= 0.3 is 0 Å². The van der Waals surface area contributed by atoms with Gasteiger partial charge in [0, 0.05) is 11.8 Å². The van der Waals surface area contributed by atoms with Crippen LogP contribution in [-0.2, 0) is 0 Å². The second kappa shape index (κ2) is 8.74. The third-order valence-electron chi connectivity index (χ3n) is 2.24. The summed E-state index contributed by atoms with van der Waals surface area (Å²) < 4.78 is 5.58. The molecule has 1 aromatic carbocycles. The maximum Gasteiger partial charge on any atom is 0.119 e. The number of ether oxygens (including phenoxy) is 1. The fourth-order valence-electron chi connectivity index (χ4n) is 1.26. The molecular weight excluding hydrogens is 242 g/mol. The van der Waals surface area contributed by atoms with Crippen molar-refractivity contribution in [2.24, 2.45) is 5.73 Å². The lowest BCUT2D eigenvalue weighted by molar-refractivity contribution is 0.303. The summed E-state index contributed by atoms with van der Waals surface area (Å²) in [5, 5.41) is 0. The lowest BCUT2D eigenvalue weighted by Crippen LogP contribution is -2.22. The molecule has 92 valence electrons. The van der Waals surface area contributed by atoms with Gasteiger partial charge in [-0.1, -0.05) is 17.7 Å². The Morgan fingerprint density at radius 2 is 1.94 bits per heavy atom. The van der Waals surface area contributed by atoms with E-state index in [1.165, 1.54) is 5.56 Å². The van der Waals surface area contributed by atoms with Crippen LogP contribution in [0.1, 0.15) is 18.4 Å². The molecule has 1 rings (SSSR count). The lowest BCUT2D eigenvalue weighted by atomic mass is 10.2. The van der Waals surface area contributed by atoms with E-state index in [1.807, 2.05) is 12.1 Å². The summed E-state index contributed by atoms with van der Waals surface area (Å²) in [6, 6.07) is 8.28. The predicted molar refractivity (Wildman–Crippen MR) is 75.0 cm³/mol.